The Bertz CT molecular complexity index is 369. The fourth-order valence-corrected chi connectivity index (χ4v) is 1.12. The summed E-state index contributed by atoms with van der Waals surface area (Å²) in [6, 6.07) is 7.45. The Morgan fingerprint density at radius 2 is 2.31 bits per heavy atom. The topological polar surface area (TPSA) is 29.5 Å². The molecule has 1 atom stereocenters. The molecule has 0 aromatic heterocycles. The first-order valence-corrected chi connectivity index (χ1v) is 4.05. The summed E-state index contributed by atoms with van der Waals surface area (Å²) in [6.07, 6.45) is -0.678. The van der Waals surface area contributed by atoms with Crippen LogP contribution in [0.25, 0.3) is 1.43 Å². The van der Waals surface area contributed by atoms with Crippen LogP contribution in [0.4, 0.5) is 0 Å². The van der Waals surface area contributed by atoms with Crippen molar-refractivity contribution in [2.75, 3.05) is 0 Å². The molecule has 1 rings (SSSR count). The van der Waals surface area contributed by atoms with E-state index in [9.17, 15) is 0 Å². The molecule has 0 saturated heterocycles. The molecule has 0 fully saturated rings. The highest BCUT2D eigenvalue weighted by Crippen LogP contribution is 2.23. The maximum Gasteiger partial charge on any atom is 0.255 e. The molecule has 0 aliphatic rings. The van der Waals surface area contributed by atoms with Gasteiger partial charge in [0.15, 0.2) is 0 Å². The molecule has 0 bridgehead atoms. The SMILES string of the molecule is [2H]OOC(C(C)=C([2H])[2H])c1ccc(C)cc1. The maximum absolute atomic E-state index is 7.23. The minimum absolute atomic E-state index is 0.331. The van der Waals surface area contributed by atoms with E-state index in [1.54, 1.807) is 6.92 Å². The average Bonchev–Trinajstić information content (AvgIpc) is 2.26. The first-order chi connectivity index (χ1) is 7.56. The van der Waals surface area contributed by atoms with Crippen molar-refractivity contribution in [3.05, 3.63) is 47.5 Å². The van der Waals surface area contributed by atoms with E-state index in [1.807, 2.05) is 31.2 Å². The summed E-state index contributed by atoms with van der Waals surface area (Å²) in [4.78, 5) is 4.76. The molecule has 0 saturated carbocycles. The Morgan fingerprint density at radius 1 is 1.62 bits per heavy atom. The molecular formula is C11H14O2. The summed E-state index contributed by atoms with van der Waals surface area (Å²) in [7, 11) is 0. The molecule has 2 nitrogen and oxygen atoms in total. The van der Waals surface area contributed by atoms with Crippen molar-refractivity contribution < 1.29 is 12.9 Å². The van der Waals surface area contributed by atoms with Gasteiger partial charge < -0.3 is 0 Å². The molecule has 1 aromatic rings. The van der Waals surface area contributed by atoms with Crippen LogP contribution < -0.4 is 0 Å². The van der Waals surface area contributed by atoms with Gasteiger partial charge in [-0.2, -0.15) is 0 Å². The van der Waals surface area contributed by atoms with Crippen LogP contribution in [0.15, 0.2) is 36.4 Å². The quantitative estimate of drug-likeness (QED) is 0.439. The number of hydrogen-bond acceptors (Lipinski definition) is 2. The van der Waals surface area contributed by atoms with Crippen molar-refractivity contribution in [3.8, 4) is 0 Å². The van der Waals surface area contributed by atoms with E-state index in [-0.39, 0.29) is 6.53 Å². The van der Waals surface area contributed by atoms with Gasteiger partial charge in [0, 0.05) is 0 Å². The van der Waals surface area contributed by atoms with Gasteiger partial charge in [0.2, 0.25) is 0 Å². The standard InChI is InChI=1S/C11H14O2/c1-8(2)11(13-12)10-6-4-9(3)5-7-10/h4-7,11-12H,1H2,2-3H3/i1D2/hD. The predicted molar refractivity (Wildman–Crippen MR) is 52.4 cm³/mol. The minimum atomic E-state index is -0.678. The van der Waals surface area contributed by atoms with E-state index in [0.29, 0.717) is 5.57 Å². The summed E-state index contributed by atoms with van der Waals surface area (Å²) in [6.45, 7) is 3.24. The van der Waals surface area contributed by atoms with Crippen molar-refractivity contribution in [2.24, 2.45) is 0 Å². The molecule has 1 unspecified atom stereocenters. The van der Waals surface area contributed by atoms with Crippen LogP contribution in [0.1, 0.15) is 26.9 Å². The van der Waals surface area contributed by atoms with Crippen LogP contribution in [-0.2, 0) is 4.89 Å². The molecule has 1 aromatic carbocycles. The first kappa shape index (κ1) is 6.35. The van der Waals surface area contributed by atoms with E-state index in [2.05, 4.69) is 5.26 Å². The van der Waals surface area contributed by atoms with E-state index < -0.39 is 6.10 Å². The van der Waals surface area contributed by atoms with Crippen molar-refractivity contribution in [1.29, 1.82) is 1.43 Å². The second-order valence-electron chi connectivity index (χ2n) is 3.07. The third kappa shape index (κ3) is 2.41. The highest BCUT2D eigenvalue weighted by atomic mass is 17.1. The predicted octanol–water partition coefficient (Wildman–Crippen LogP) is 3.10. The smallest absolute Gasteiger partial charge is 0.251 e. The zero-order chi connectivity index (χ0) is 12.1. The Hall–Kier alpha value is -1.12. The molecular weight excluding hydrogens is 164 g/mol. The van der Waals surface area contributed by atoms with Crippen molar-refractivity contribution in [1.82, 2.24) is 0 Å². The minimum Gasteiger partial charge on any atom is -0.251 e. The van der Waals surface area contributed by atoms with Gasteiger partial charge in [-0.25, -0.2) is 4.89 Å². The molecule has 2 heteroatoms. The molecule has 0 amide bonds. The summed E-state index contributed by atoms with van der Waals surface area (Å²) in [5.74, 6) is 0. The van der Waals surface area contributed by atoms with Gasteiger partial charge in [0.25, 0.3) is 1.43 Å². The Labute approximate surface area is 82.7 Å². The first-order valence-electron chi connectivity index (χ1n) is 5.46. The summed E-state index contributed by atoms with van der Waals surface area (Å²) < 4.78 is 21.1. The Kier molecular flexibility index (Phi) is 2.06. The van der Waals surface area contributed by atoms with E-state index >= 15 is 0 Å². The van der Waals surface area contributed by atoms with Gasteiger partial charge in [-0.15, -0.1) is 0 Å². The van der Waals surface area contributed by atoms with E-state index in [0.717, 1.165) is 11.1 Å². The van der Waals surface area contributed by atoms with Gasteiger partial charge in [-0.3, -0.25) is 5.26 Å². The fraction of sp³-hybridized carbons (Fsp3) is 0.273. The van der Waals surface area contributed by atoms with Crippen LogP contribution >= 0.6 is 0 Å². The maximum atomic E-state index is 7.23. The Morgan fingerprint density at radius 3 is 2.85 bits per heavy atom. The lowest BCUT2D eigenvalue weighted by Gasteiger charge is -2.13. The van der Waals surface area contributed by atoms with Crippen molar-refractivity contribution >= 4 is 0 Å². The molecule has 1 N–H and O–H groups in total. The van der Waals surface area contributed by atoms with Crippen molar-refractivity contribution in [2.45, 2.75) is 20.0 Å². The van der Waals surface area contributed by atoms with Crippen LogP contribution in [0, 0.1) is 6.92 Å². The van der Waals surface area contributed by atoms with Gasteiger partial charge >= 0.3 is 0 Å². The van der Waals surface area contributed by atoms with E-state index in [4.69, 9.17) is 9.06 Å². The number of aryl methyl sites for hydroxylation is 1. The summed E-state index contributed by atoms with van der Waals surface area (Å²) >= 11 is 0. The molecule has 0 radical (unpaired) electrons. The van der Waals surface area contributed by atoms with Gasteiger partial charge in [-0.1, -0.05) is 36.4 Å². The van der Waals surface area contributed by atoms with Crippen molar-refractivity contribution in [3.63, 3.8) is 0 Å². The lowest BCUT2D eigenvalue weighted by molar-refractivity contribution is -0.271. The van der Waals surface area contributed by atoms with Gasteiger partial charge in [0.1, 0.15) is 6.10 Å². The van der Waals surface area contributed by atoms with Gasteiger partial charge in [-0.05, 0) is 25.0 Å². The van der Waals surface area contributed by atoms with Crippen LogP contribution in [-0.4, -0.2) is 5.26 Å². The largest absolute Gasteiger partial charge is 0.255 e. The lowest BCUT2D eigenvalue weighted by atomic mass is 10.0. The molecule has 13 heavy (non-hydrogen) atoms. The number of hydrogen-bond donors (Lipinski definition) is 1. The van der Waals surface area contributed by atoms with Crippen LogP contribution in [0.2, 0.25) is 0 Å². The molecule has 0 aliphatic carbocycles. The van der Waals surface area contributed by atoms with Crippen LogP contribution in [0.3, 0.4) is 0 Å². The molecule has 70 valence electrons. The third-order valence-electron chi connectivity index (χ3n) is 1.87. The third-order valence-corrected chi connectivity index (χ3v) is 1.87. The zero-order valence-electron chi connectivity index (χ0n) is 10.7. The molecule has 0 heterocycles. The summed E-state index contributed by atoms with van der Waals surface area (Å²) in [5, 5.41) is 3.91. The highest BCUT2D eigenvalue weighted by Gasteiger charge is 2.11. The van der Waals surface area contributed by atoms with Gasteiger partial charge in [0.05, 0.1) is 2.74 Å². The number of rotatable bonds is 4. The highest BCUT2D eigenvalue weighted by molar-refractivity contribution is 5.27. The second-order valence-corrected chi connectivity index (χ2v) is 3.07. The number of benzene rings is 1. The second kappa shape index (κ2) is 4.21. The fourth-order valence-electron chi connectivity index (χ4n) is 1.12. The normalized spacial score (nSPS) is 15.4. The lowest BCUT2D eigenvalue weighted by Crippen LogP contribution is -2.02. The zero-order valence-corrected chi connectivity index (χ0v) is 7.70. The van der Waals surface area contributed by atoms with E-state index in [1.165, 1.54) is 0 Å². The Balaban J connectivity index is 3.03. The monoisotopic (exact) mass is 181 g/mol. The van der Waals surface area contributed by atoms with Crippen LogP contribution in [0.5, 0.6) is 0 Å². The average molecular weight is 181 g/mol. The molecule has 0 aliphatic heterocycles. The summed E-state index contributed by atoms with van der Waals surface area (Å²) in [5.41, 5.74) is 2.26. The molecule has 0 spiro atoms.